The van der Waals surface area contributed by atoms with E-state index in [2.05, 4.69) is 16.0 Å². The van der Waals surface area contributed by atoms with Gasteiger partial charge in [0, 0.05) is 33.2 Å². The number of nitrogens with zero attached hydrogens (tertiary/aromatic N) is 2. The summed E-state index contributed by atoms with van der Waals surface area (Å²) in [5.74, 6) is -1.71. The summed E-state index contributed by atoms with van der Waals surface area (Å²) in [6.45, 7) is 6.34. The zero-order valence-corrected chi connectivity index (χ0v) is 24.9. The van der Waals surface area contributed by atoms with Crippen molar-refractivity contribution in [1.29, 1.82) is 0 Å². The number of carbonyl (C=O) groups is 5. The molecule has 12 heteroatoms. The Labute approximate surface area is 246 Å². The fourth-order valence-corrected chi connectivity index (χ4v) is 5.72. The molecule has 3 N–H and O–H groups in total. The van der Waals surface area contributed by atoms with Gasteiger partial charge in [-0.15, -0.1) is 0 Å². The fourth-order valence-electron chi connectivity index (χ4n) is 5.72. The van der Waals surface area contributed by atoms with Gasteiger partial charge < -0.3 is 35.2 Å². The number of nitrogens with one attached hydrogen (secondary N) is 3. The van der Waals surface area contributed by atoms with Crippen molar-refractivity contribution in [2.45, 2.75) is 83.1 Å². The molecule has 2 fully saturated rings. The van der Waals surface area contributed by atoms with Gasteiger partial charge in [-0.05, 0) is 56.2 Å². The zero-order chi connectivity index (χ0) is 30.4. The number of methoxy groups -OCH3 is 1. The Bertz CT molecular complexity index is 1150. The van der Waals surface area contributed by atoms with Gasteiger partial charge in [-0.2, -0.15) is 0 Å². The normalized spacial score (nSPS) is 26.9. The third-order valence-electron chi connectivity index (χ3n) is 8.27. The molecule has 0 aliphatic carbocycles. The third-order valence-corrected chi connectivity index (χ3v) is 8.27. The molecule has 0 aromatic heterocycles. The first-order valence-electron chi connectivity index (χ1n) is 14.8. The lowest BCUT2D eigenvalue weighted by atomic mass is 10.0. The highest BCUT2D eigenvalue weighted by atomic mass is 16.5. The molecule has 5 amide bonds. The van der Waals surface area contributed by atoms with Crippen molar-refractivity contribution >= 4 is 29.5 Å². The number of benzene rings is 1. The van der Waals surface area contributed by atoms with E-state index in [0.717, 1.165) is 5.56 Å². The van der Waals surface area contributed by atoms with Crippen LogP contribution in [0.2, 0.25) is 0 Å². The van der Waals surface area contributed by atoms with Gasteiger partial charge in [-0.1, -0.05) is 26.0 Å². The summed E-state index contributed by atoms with van der Waals surface area (Å²) in [5, 5.41) is 8.38. The number of ether oxygens (including phenoxy) is 2. The van der Waals surface area contributed by atoms with E-state index in [0.29, 0.717) is 51.1 Å². The van der Waals surface area contributed by atoms with E-state index in [1.165, 1.54) is 4.90 Å². The van der Waals surface area contributed by atoms with Crippen LogP contribution in [0.5, 0.6) is 5.75 Å². The highest BCUT2D eigenvalue weighted by molar-refractivity contribution is 5.96. The monoisotopic (exact) mass is 585 g/mol. The maximum atomic E-state index is 13.6. The largest absolute Gasteiger partial charge is 0.484 e. The van der Waals surface area contributed by atoms with Crippen molar-refractivity contribution in [3.63, 3.8) is 0 Å². The predicted octanol–water partition coefficient (Wildman–Crippen LogP) is 0.380. The molecule has 0 spiro atoms. The predicted molar refractivity (Wildman–Crippen MR) is 153 cm³/mol. The van der Waals surface area contributed by atoms with E-state index in [1.54, 1.807) is 43.2 Å². The van der Waals surface area contributed by atoms with E-state index in [4.69, 9.17) is 9.47 Å². The molecule has 4 heterocycles. The number of fused-ring (bicyclic) bond motifs is 13. The lowest BCUT2D eigenvalue weighted by Gasteiger charge is -2.34. The summed E-state index contributed by atoms with van der Waals surface area (Å²) in [6, 6.07) is 3.57. The summed E-state index contributed by atoms with van der Waals surface area (Å²) in [7, 11) is 1.66. The van der Waals surface area contributed by atoms with Gasteiger partial charge in [-0.25, -0.2) is 0 Å². The summed E-state index contributed by atoms with van der Waals surface area (Å²) in [5.41, 5.74) is 0.791. The number of amides is 5. The Morgan fingerprint density at radius 2 is 1.64 bits per heavy atom. The molecule has 4 aliphatic heterocycles. The van der Waals surface area contributed by atoms with E-state index in [1.807, 2.05) is 13.8 Å². The average Bonchev–Trinajstić information content (AvgIpc) is 3.48. The molecule has 0 radical (unpaired) electrons. The molecule has 0 unspecified atom stereocenters. The molecule has 230 valence electrons. The number of likely N-dealkylation sites (tertiary alicyclic amines) is 1. The van der Waals surface area contributed by atoms with Crippen LogP contribution >= 0.6 is 0 Å². The number of carbonyl (C=O) groups excluding carboxylic acids is 5. The Morgan fingerprint density at radius 3 is 2.29 bits per heavy atom. The number of hydrogen-bond donors (Lipinski definition) is 3. The SMILES string of the molecule is COC1CCN(C(=O)[C@@H]2Cc3ccc(cc3)OCC(=O)N[C@H](C(C)C)C(=O)N3CCC[C@H]3C(=O)N[C@@H](C)C(=O)N2)CC1. The van der Waals surface area contributed by atoms with Crippen LogP contribution < -0.4 is 20.7 Å². The molecule has 4 aliphatic rings. The van der Waals surface area contributed by atoms with Crippen molar-refractivity contribution in [3.05, 3.63) is 29.8 Å². The second-order valence-corrected chi connectivity index (χ2v) is 11.7. The Morgan fingerprint density at radius 1 is 0.952 bits per heavy atom. The maximum absolute atomic E-state index is 13.6. The molecule has 5 rings (SSSR count). The van der Waals surface area contributed by atoms with E-state index in [9.17, 15) is 24.0 Å². The van der Waals surface area contributed by atoms with E-state index < -0.39 is 41.9 Å². The van der Waals surface area contributed by atoms with Gasteiger partial charge >= 0.3 is 0 Å². The fraction of sp³-hybridized carbons (Fsp3) is 0.633. The van der Waals surface area contributed by atoms with Crippen LogP contribution in [0.4, 0.5) is 0 Å². The summed E-state index contributed by atoms with van der Waals surface area (Å²) < 4.78 is 11.1. The average molecular weight is 586 g/mol. The summed E-state index contributed by atoms with van der Waals surface area (Å²) >= 11 is 0. The minimum absolute atomic E-state index is 0.0980. The Kier molecular flexibility index (Phi) is 10.4. The summed E-state index contributed by atoms with van der Waals surface area (Å²) in [4.78, 5) is 69.7. The Balaban J connectivity index is 1.58. The molecular weight excluding hydrogens is 542 g/mol. The smallest absolute Gasteiger partial charge is 0.258 e. The van der Waals surface area contributed by atoms with E-state index >= 15 is 0 Å². The molecule has 2 bridgehead atoms. The molecule has 1 aromatic rings. The minimum Gasteiger partial charge on any atom is -0.484 e. The van der Waals surface area contributed by atoms with Crippen molar-refractivity contribution in [2.75, 3.05) is 33.4 Å². The first kappa shape index (κ1) is 31.3. The first-order valence-corrected chi connectivity index (χ1v) is 14.8. The van der Waals surface area contributed by atoms with Crippen molar-refractivity contribution in [2.24, 2.45) is 5.92 Å². The van der Waals surface area contributed by atoms with Crippen molar-refractivity contribution < 1.29 is 33.4 Å². The standard InChI is InChI=1S/C30H43N5O7/c1-18(2)26-30(40)35-13-5-6-24(35)28(38)31-19(3)27(37)32-23(29(39)34-14-11-21(41-4)12-15-34)16-20-7-9-22(10-8-20)42-17-25(36)33-26/h7-10,18-19,21,23-24,26H,5-6,11-17H2,1-4H3,(H,31,38)(H,32,37)(H,33,36)/t19-,23-,24-,26+/m0/s1. The van der Waals surface area contributed by atoms with Crippen LogP contribution in [0.3, 0.4) is 0 Å². The van der Waals surface area contributed by atoms with Crippen molar-refractivity contribution in [1.82, 2.24) is 25.8 Å². The number of hydrogen-bond acceptors (Lipinski definition) is 7. The molecular formula is C30H43N5O7. The molecule has 1 aromatic carbocycles. The molecule has 2 saturated heterocycles. The third kappa shape index (κ3) is 7.58. The van der Waals surface area contributed by atoms with Crippen LogP contribution in [0.1, 0.15) is 52.0 Å². The van der Waals surface area contributed by atoms with Gasteiger partial charge in [0.05, 0.1) is 6.10 Å². The van der Waals surface area contributed by atoms with Gasteiger partial charge in [-0.3, -0.25) is 24.0 Å². The van der Waals surface area contributed by atoms with Crippen LogP contribution in [0, 0.1) is 5.92 Å². The second-order valence-electron chi connectivity index (χ2n) is 11.7. The molecule has 0 saturated carbocycles. The van der Waals surface area contributed by atoms with Crippen LogP contribution in [0.15, 0.2) is 24.3 Å². The Hall–Kier alpha value is -3.67. The number of rotatable bonds is 3. The van der Waals surface area contributed by atoms with Gasteiger partial charge in [0.25, 0.3) is 5.91 Å². The van der Waals surface area contributed by atoms with Crippen LogP contribution in [-0.4, -0.2) is 103 Å². The van der Waals surface area contributed by atoms with Crippen LogP contribution in [-0.2, 0) is 35.1 Å². The first-order chi connectivity index (χ1) is 20.1. The lowest BCUT2D eigenvalue weighted by molar-refractivity contribution is -0.143. The topological polar surface area (TPSA) is 146 Å². The highest BCUT2D eigenvalue weighted by Crippen LogP contribution is 2.22. The van der Waals surface area contributed by atoms with E-state index in [-0.39, 0.29) is 36.9 Å². The zero-order valence-electron chi connectivity index (χ0n) is 24.9. The maximum Gasteiger partial charge on any atom is 0.258 e. The number of piperidine rings is 1. The molecule has 4 atom stereocenters. The molecule has 12 nitrogen and oxygen atoms in total. The van der Waals surface area contributed by atoms with Gasteiger partial charge in [0.15, 0.2) is 6.61 Å². The van der Waals surface area contributed by atoms with Gasteiger partial charge in [0.2, 0.25) is 23.6 Å². The summed E-state index contributed by atoms with van der Waals surface area (Å²) in [6.07, 6.45) is 2.82. The van der Waals surface area contributed by atoms with Crippen LogP contribution in [0.25, 0.3) is 0 Å². The minimum atomic E-state index is -0.942. The second kappa shape index (κ2) is 14.0. The molecule has 42 heavy (non-hydrogen) atoms. The highest BCUT2D eigenvalue weighted by Gasteiger charge is 2.40. The van der Waals surface area contributed by atoms with Gasteiger partial charge in [0.1, 0.15) is 29.9 Å². The lowest BCUT2D eigenvalue weighted by Crippen LogP contribution is -2.58. The quantitative estimate of drug-likeness (QED) is 0.465. The van der Waals surface area contributed by atoms with Crippen molar-refractivity contribution in [3.8, 4) is 5.75 Å².